The number of ether oxygens (including phenoxy) is 1. The summed E-state index contributed by atoms with van der Waals surface area (Å²) in [6, 6.07) is 11.8. The van der Waals surface area contributed by atoms with Gasteiger partial charge in [0.15, 0.2) is 0 Å². The lowest BCUT2D eigenvalue weighted by Gasteiger charge is -2.05. The third-order valence-electron chi connectivity index (χ3n) is 3.65. The minimum atomic E-state index is 0.500. The number of nitrogens with one attached hydrogen (secondary N) is 1. The van der Waals surface area contributed by atoms with Gasteiger partial charge in [-0.05, 0) is 30.5 Å². The minimum absolute atomic E-state index is 0.500. The molecular weight excluding hydrogens is 382 g/mol. The predicted octanol–water partition coefficient (Wildman–Crippen LogP) is 4.20. The number of rotatable bonds is 8. The molecule has 1 aromatic carbocycles. The Morgan fingerprint density at radius 2 is 2.11 bits per heavy atom. The number of aromatic amines is 1. The molecule has 0 fully saturated rings. The first-order valence-corrected chi connectivity index (χ1v) is 10.3. The molecule has 0 aliphatic carbocycles. The highest BCUT2D eigenvalue weighted by atomic mass is 32.2. The van der Waals surface area contributed by atoms with E-state index in [1.807, 2.05) is 37.3 Å². The molecule has 0 aliphatic rings. The smallest absolute Gasteiger partial charge is 0.237 e. The van der Waals surface area contributed by atoms with E-state index >= 15 is 0 Å². The van der Waals surface area contributed by atoms with Crippen LogP contribution in [0.4, 0.5) is 0 Å². The third kappa shape index (κ3) is 4.37. The fourth-order valence-corrected chi connectivity index (χ4v) is 3.85. The van der Waals surface area contributed by atoms with Crippen LogP contribution in [0.25, 0.3) is 11.4 Å². The molecule has 9 heteroatoms. The second-order valence-electron chi connectivity index (χ2n) is 5.55. The van der Waals surface area contributed by atoms with E-state index < -0.39 is 0 Å². The summed E-state index contributed by atoms with van der Waals surface area (Å²) in [5.74, 6) is 3.12. The highest BCUT2D eigenvalue weighted by Crippen LogP contribution is 2.28. The van der Waals surface area contributed by atoms with Crippen LogP contribution in [0.1, 0.15) is 23.5 Å². The monoisotopic (exact) mass is 399 g/mol. The summed E-state index contributed by atoms with van der Waals surface area (Å²) in [6.45, 7) is 2.52. The van der Waals surface area contributed by atoms with Gasteiger partial charge in [-0.15, -0.1) is 16.4 Å². The Hall–Kier alpha value is -2.65. The highest BCUT2D eigenvalue weighted by molar-refractivity contribution is 7.98. The van der Waals surface area contributed by atoms with Gasteiger partial charge in [0, 0.05) is 11.3 Å². The Kier molecular flexibility index (Phi) is 5.50. The SMILES string of the molecule is CCOc1ccccc1-c1noc(CSc2n[nH]c(Cc3cccs3)n2)n1. The molecule has 3 aromatic heterocycles. The second kappa shape index (κ2) is 8.36. The molecule has 4 rings (SSSR count). The zero-order valence-electron chi connectivity index (χ0n) is 14.6. The molecule has 0 aliphatic heterocycles. The predicted molar refractivity (Wildman–Crippen MR) is 104 cm³/mol. The molecule has 0 spiro atoms. The van der Waals surface area contributed by atoms with E-state index in [4.69, 9.17) is 9.26 Å². The molecule has 0 unspecified atom stereocenters. The van der Waals surface area contributed by atoms with Gasteiger partial charge in [0.2, 0.25) is 16.9 Å². The largest absolute Gasteiger partial charge is 0.493 e. The number of H-pyrrole nitrogens is 1. The lowest BCUT2D eigenvalue weighted by molar-refractivity contribution is 0.341. The third-order valence-corrected chi connectivity index (χ3v) is 5.36. The van der Waals surface area contributed by atoms with Gasteiger partial charge in [0.25, 0.3) is 0 Å². The number of hydrogen-bond acceptors (Lipinski definition) is 8. The Labute approximate surface area is 164 Å². The van der Waals surface area contributed by atoms with Crippen molar-refractivity contribution in [3.8, 4) is 17.1 Å². The number of nitrogens with zero attached hydrogens (tertiary/aromatic N) is 4. The fourth-order valence-electron chi connectivity index (χ4n) is 2.48. The number of thioether (sulfide) groups is 1. The number of hydrogen-bond donors (Lipinski definition) is 1. The van der Waals surface area contributed by atoms with Gasteiger partial charge in [0.1, 0.15) is 11.6 Å². The van der Waals surface area contributed by atoms with Gasteiger partial charge in [-0.25, -0.2) is 4.98 Å². The molecule has 3 heterocycles. The molecular formula is C18H17N5O2S2. The average Bonchev–Trinajstić information content (AvgIpc) is 3.44. The van der Waals surface area contributed by atoms with E-state index in [1.54, 1.807) is 11.3 Å². The first-order valence-electron chi connectivity index (χ1n) is 8.43. The maximum atomic E-state index is 5.63. The van der Waals surface area contributed by atoms with E-state index in [-0.39, 0.29) is 0 Å². The van der Waals surface area contributed by atoms with Gasteiger partial charge >= 0.3 is 0 Å². The maximum Gasteiger partial charge on any atom is 0.237 e. The summed E-state index contributed by atoms with van der Waals surface area (Å²) < 4.78 is 11.0. The van der Waals surface area contributed by atoms with Crippen LogP contribution in [0.15, 0.2) is 51.5 Å². The van der Waals surface area contributed by atoms with Crippen molar-refractivity contribution in [2.75, 3.05) is 6.61 Å². The molecule has 0 saturated carbocycles. The molecule has 0 radical (unpaired) electrons. The van der Waals surface area contributed by atoms with E-state index in [0.717, 1.165) is 23.6 Å². The van der Waals surface area contributed by atoms with Crippen molar-refractivity contribution in [2.45, 2.75) is 24.3 Å². The van der Waals surface area contributed by atoms with Crippen LogP contribution in [-0.4, -0.2) is 31.9 Å². The summed E-state index contributed by atoms with van der Waals surface area (Å²) in [5, 5.41) is 14.0. The summed E-state index contributed by atoms with van der Waals surface area (Å²) in [4.78, 5) is 10.2. The molecule has 0 saturated heterocycles. The van der Waals surface area contributed by atoms with Gasteiger partial charge in [-0.1, -0.05) is 35.1 Å². The van der Waals surface area contributed by atoms with Crippen LogP contribution in [0.3, 0.4) is 0 Å². The van der Waals surface area contributed by atoms with E-state index in [0.29, 0.717) is 29.2 Å². The lowest BCUT2D eigenvalue weighted by Crippen LogP contribution is -1.94. The van der Waals surface area contributed by atoms with Crippen molar-refractivity contribution in [3.63, 3.8) is 0 Å². The highest BCUT2D eigenvalue weighted by Gasteiger charge is 2.14. The summed E-state index contributed by atoms with van der Waals surface area (Å²) in [7, 11) is 0. The minimum Gasteiger partial charge on any atom is -0.493 e. The molecule has 27 heavy (non-hydrogen) atoms. The first-order chi connectivity index (χ1) is 13.3. The van der Waals surface area contributed by atoms with Crippen LogP contribution in [0.5, 0.6) is 5.75 Å². The van der Waals surface area contributed by atoms with Gasteiger partial charge in [-0.3, -0.25) is 5.10 Å². The normalized spacial score (nSPS) is 11.0. The molecule has 0 bridgehead atoms. The number of aromatic nitrogens is 5. The quantitative estimate of drug-likeness (QED) is 0.444. The summed E-state index contributed by atoms with van der Waals surface area (Å²) in [5.41, 5.74) is 0.815. The van der Waals surface area contributed by atoms with E-state index in [1.165, 1.54) is 16.6 Å². The average molecular weight is 400 g/mol. The van der Waals surface area contributed by atoms with Crippen molar-refractivity contribution >= 4 is 23.1 Å². The molecule has 0 amide bonds. The number of para-hydroxylation sites is 1. The van der Waals surface area contributed by atoms with Crippen LogP contribution in [0.2, 0.25) is 0 Å². The van der Waals surface area contributed by atoms with Crippen molar-refractivity contribution < 1.29 is 9.26 Å². The standard InChI is InChI=1S/C18H17N5O2S2/c1-2-24-14-8-4-3-7-13(14)17-20-16(25-23-17)11-27-18-19-15(21-22-18)10-12-6-5-9-26-12/h3-9H,2,10-11H2,1H3,(H,19,21,22). The zero-order chi connectivity index (χ0) is 18.5. The zero-order valence-corrected chi connectivity index (χ0v) is 16.2. The second-order valence-corrected chi connectivity index (χ2v) is 7.53. The Morgan fingerprint density at radius 3 is 2.96 bits per heavy atom. The Balaban J connectivity index is 1.40. The van der Waals surface area contributed by atoms with Gasteiger partial charge in [-0.2, -0.15) is 4.98 Å². The van der Waals surface area contributed by atoms with Crippen molar-refractivity contribution in [2.24, 2.45) is 0 Å². The molecule has 138 valence electrons. The molecule has 7 nitrogen and oxygen atoms in total. The van der Waals surface area contributed by atoms with Crippen molar-refractivity contribution in [1.82, 2.24) is 25.3 Å². The number of benzene rings is 1. The van der Waals surface area contributed by atoms with E-state index in [9.17, 15) is 0 Å². The Bertz CT molecular complexity index is 997. The summed E-state index contributed by atoms with van der Waals surface area (Å²) in [6.07, 6.45) is 0.754. The van der Waals surface area contributed by atoms with Crippen LogP contribution in [-0.2, 0) is 12.2 Å². The summed E-state index contributed by atoms with van der Waals surface area (Å²) >= 11 is 3.16. The van der Waals surface area contributed by atoms with Crippen LogP contribution in [0, 0.1) is 0 Å². The fraction of sp³-hybridized carbons (Fsp3) is 0.222. The molecule has 1 N–H and O–H groups in total. The Morgan fingerprint density at radius 1 is 1.19 bits per heavy atom. The number of thiophene rings is 1. The molecule has 0 atom stereocenters. The maximum absolute atomic E-state index is 5.63. The lowest BCUT2D eigenvalue weighted by atomic mass is 10.2. The van der Waals surface area contributed by atoms with Crippen LogP contribution < -0.4 is 4.74 Å². The first kappa shape index (κ1) is 17.7. The van der Waals surface area contributed by atoms with Crippen LogP contribution >= 0.6 is 23.1 Å². The van der Waals surface area contributed by atoms with Gasteiger partial charge in [0.05, 0.1) is 17.9 Å². The van der Waals surface area contributed by atoms with E-state index in [2.05, 4.69) is 36.8 Å². The topological polar surface area (TPSA) is 89.7 Å². The molecule has 4 aromatic rings. The van der Waals surface area contributed by atoms with Crippen molar-refractivity contribution in [3.05, 3.63) is 58.4 Å². The van der Waals surface area contributed by atoms with Gasteiger partial charge < -0.3 is 9.26 Å². The van der Waals surface area contributed by atoms with Crippen molar-refractivity contribution in [1.29, 1.82) is 0 Å².